The minimum absolute atomic E-state index is 0.138. The van der Waals surface area contributed by atoms with Gasteiger partial charge in [0.15, 0.2) is 0 Å². The minimum atomic E-state index is -3.66. The predicted molar refractivity (Wildman–Crippen MR) is 110 cm³/mol. The summed E-state index contributed by atoms with van der Waals surface area (Å²) in [6, 6.07) is 10.4. The van der Waals surface area contributed by atoms with Crippen molar-refractivity contribution in [3.63, 3.8) is 0 Å². The molecule has 0 radical (unpaired) electrons. The van der Waals surface area contributed by atoms with Gasteiger partial charge in [0.25, 0.3) is 0 Å². The molecule has 0 spiro atoms. The summed E-state index contributed by atoms with van der Waals surface area (Å²) in [4.78, 5) is 12.5. The number of carbonyl (C=O) groups is 1. The first-order valence-electron chi connectivity index (χ1n) is 8.88. The van der Waals surface area contributed by atoms with Crippen molar-refractivity contribution < 1.29 is 22.7 Å². The fourth-order valence-corrected chi connectivity index (χ4v) is 4.87. The second-order valence-electron chi connectivity index (χ2n) is 6.51. The van der Waals surface area contributed by atoms with Gasteiger partial charge in [0.05, 0.1) is 19.1 Å². The summed E-state index contributed by atoms with van der Waals surface area (Å²) in [5.74, 6) is 1.08. The second-order valence-corrected chi connectivity index (χ2v) is 8.88. The van der Waals surface area contributed by atoms with E-state index in [1.165, 1.54) is 30.7 Å². The molecule has 1 unspecified atom stereocenters. The van der Waals surface area contributed by atoms with Crippen LogP contribution < -0.4 is 20.1 Å². The van der Waals surface area contributed by atoms with Crippen LogP contribution in [0.5, 0.6) is 11.5 Å². The summed E-state index contributed by atoms with van der Waals surface area (Å²) in [7, 11) is -0.623. The highest BCUT2D eigenvalue weighted by Crippen LogP contribution is 2.26. The Morgan fingerprint density at radius 1 is 1.14 bits per heavy atom. The molecule has 0 aromatic heterocycles. The molecule has 0 bridgehead atoms. The maximum Gasteiger partial charge on any atom is 0.319 e. The van der Waals surface area contributed by atoms with Gasteiger partial charge in [-0.3, -0.25) is 0 Å². The van der Waals surface area contributed by atoms with Crippen molar-refractivity contribution in [2.24, 2.45) is 0 Å². The van der Waals surface area contributed by atoms with Crippen molar-refractivity contribution in [1.29, 1.82) is 0 Å². The number of benzene rings is 2. The van der Waals surface area contributed by atoms with Crippen LogP contribution in [0.1, 0.15) is 6.42 Å². The number of methoxy groups -OCH3 is 2. The lowest BCUT2D eigenvalue weighted by atomic mass is 10.2. The van der Waals surface area contributed by atoms with Gasteiger partial charge in [-0.05, 0) is 24.6 Å². The largest absolute Gasteiger partial charge is 0.497 e. The lowest BCUT2D eigenvalue weighted by Crippen LogP contribution is -2.40. The molecular weight excluding hydrogens is 418 g/mol. The zero-order chi connectivity index (χ0) is 21.0. The second kappa shape index (κ2) is 8.89. The van der Waals surface area contributed by atoms with Crippen LogP contribution in [-0.4, -0.2) is 52.1 Å². The smallest absolute Gasteiger partial charge is 0.319 e. The van der Waals surface area contributed by atoms with Crippen LogP contribution in [0.4, 0.5) is 10.5 Å². The van der Waals surface area contributed by atoms with Crippen molar-refractivity contribution in [2.75, 3.05) is 32.6 Å². The van der Waals surface area contributed by atoms with Gasteiger partial charge in [0, 0.05) is 48.0 Å². The zero-order valence-corrected chi connectivity index (χ0v) is 17.6. The molecule has 3 rings (SSSR count). The Morgan fingerprint density at radius 3 is 2.45 bits per heavy atom. The molecule has 0 aliphatic carbocycles. The normalized spacial score (nSPS) is 17.0. The third-order valence-corrected chi connectivity index (χ3v) is 6.63. The van der Waals surface area contributed by atoms with Gasteiger partial charge in [-0.15, -0.1) is 0 Å². The first-order chi connectivity index (χ1) is 13.8. The Kier molecular flexibility index (Phi) is 6.51. The molecule has 1 aliphatic rings. The lowest BCUT2D eigenvalue weighted by molar-refractivity contribution is 0.248. The maximum atomic E-state index is 12.8. The summed E-state index contributed by atoms with van der Waals surface area (Å²) in [5.41, 5.74) is 0.500. The molecule has 1 saturated heterocycles. The molecule has 2 aromatic rings. The Labute approximate surface area is 174 Å². The highest BCUT2D eigenvalue weighted by atomic mass is 35.5. The van der Waals surface area contributed by atoms with Crippen LogP contribution in [-0.2, 0) is 10.0 Å². The topological polar surface area (TPSA) is 97.0 Å². The van der Waals surface area contributed by atoms with E-state index in [1.54, 1.807) is 30.3 Å². The predicted octanol–water partition coefficient (Wildman–Crippen LogP) is 2.94. The number of nitrogens with zero attached hydrogens (tertiary/aromatic N) is 1. The van der Waals surface area contributed by atoms with Crippen molar-refractivity contribution in [3.8, 4) is 11.5 Å². The molecule has 8 nitrogen and oxygen atoms in total. The van der Waals surface area contributed by atoms with Crippen molar-refractivity contribution in [1.82, 2.24) is 9.62 Å². The number of hydrogen-bond acceptors (Lipinski definition) is 5. The maximum absolute atomic E-state index is 12.8. The molecule has 1 heterocycles. The third-order valence-electron chi connectivity index (χ3n) is 4.53. The van der Waals surface area contributed by atoms with Crippen LogP contribution in [0.15, 0.2) is 47.4 Å². The first kappa shape index (κ1) is 21.2. The number of hydrogen-bond donors (Lipinski definition) is 2. The molecule has 156 valence electrons. The molecule has 10 heteroatoms. The van der Waals surface area contributed by atoms with Gasteiger partial charge in [0.2, 0.25) is 10.0 Å². The molecule has 2 N–H and O–H groups in total. The van der Waals surface area contributed by atoms with Gasteiger partial charge in [-0.1, -0.05) is 17.7 Å². The van der Waals surface area contributed by atoms with E-state index in [2.05, 4.69) is 10.6 Å². The van der Waals surface area contributed by atoms with E-state index in [0.717, 1.165) is 0 Å². The number of urea groups is 1. The van der Waals surface area contributed by atoms with E-state index in [9.17, 15) is 13.2 Å². The molecule has 1 fully saturated rings. The highest BCUT2D eigenvalue weighted by molar-refractivity contribution is 7.89. The van der Waals surface area contributed by atoms with Crippen LogP contribution in [0.3, 0.4) is 0 Å². The quantitative estimate of drug-likeness (QED) is 0.721. The van der Waals surface area contributed by atoms with Crippen LogP contribution in [0.25, 0.3) is 0 Å². The molecule has 2 amide bonds. The highest BCUT2D eigenvalue weighted by Gasteiger charge is 2.33. The summed E-state index contributed by atoms with van der Waals surface area (Å²) >= 11 is 5.91. The van der Waals surface area contributed by atoms with E-state index in [4.69, 9.17) is 21.1 Å². The van der Waals surface area contributed by atoms with Crippen LogP contribution in [0.2, 0.25) is 5.02 Å². The lowest BCUT2D eigenvalue weighted by Gasteiger charge is -2.18. The monoisotopic (exact) mass is 439 g/mol. The Balaban J connectivity index is 1.62. The number of nitrogens with one attached hydrogen (secondary N) is 2. The van der Waals surface area contributed by atoms with Gasteiger partial charge in [-0.25, -0.2) is 13.2 Å². The SMILES string of the molecule is COc1cc(NC(=O)NC2CCN(S(=O)(=O)c3cccc(Cl)c3)C2)cc(OC)c1. The molecule has 1 aliphatic heterocycles. The number of halogens is 1. The number of carbonyl (C=O) groups excluding carboxylic acids is 1. The number of rotatable bonds is 6. The number of anilines is 1. The minimum Gasteiger partial charge on any atom is -0.497 e. The van der Waals surface area contributed by atoms with E-state index < -0.39 is 16.1 Å². The van der Waals surface area contributed by atoms with Crippen molar-refractivity contribution >= 4 is 33.3 Å². The fourth-order valence-electron chi connectivity index (χ4n) is 3.07. The van der Waals surface area contributed by atoms with Crippen LogP contribution in [0, 0.1) is 0 Å². The molecule has 0 saturated carbocycles. The third kappa shape index (κ3) is 5.11. The van der Waals surface area contributed by atoms with E-state index >= 15 is 0 Å². The molecule has 29 heavy (non-hydrogen) atoms. The standard InChI is InChI=1S/C19H22ClN3O5S/c1-27-16-9-15(10-17(11-16)28-2)22-19(24)21-14-6-7-23(12-14)29(25,26)18-5-3-4-13(20)8-18/h3-5,8-11,14H,6-7,12H2,1-2H3,(H2,21,22,24). The summed E-state index contributed by atoms with van der Waals surface area (Å²) in [6.45, 7) is 0.497. The molecule has 2 aromatic carbocycles. The molecular formula is C19H22ClN3O5S. The van der Waals surface area contributed by atoms with Crippen molar-refractivity contribution in [2.45, 2.75) is 17.4 Å². The van der Waals surface area contributed by atoms with Gasteiger partial charge >= 0.3 is 6.03 Å². The van der Waals surface area contributed by atoms with E-state index in [-0.39, 0.29) is 17.5 Å². The number of amides is 2. The van der Waals surface area contributed by atoms with Gasteiger partial charge in [0.1, 0.15) is 11.5 Å². The summed E-state index contributed by atoms with van der Waals surface area (Å²) in [6.07, 6.45) is 0.509. The van der Waals surface area contributed by atoms with Gasteiger partial charge in [-0.2, -0.15) is 4.31 Å². The average Bonchev–Trinajstić information content (AvgIpc) is 3.16. The van der Waals surface area contributed by atoms with Gasteiger partial charge < -0.3 is 20.1 Å². The first-order valence-corrected chi connectivity index (χ1v) is 10.7. The zero-order valence-electron chi connectivity index (χ0n) is 16.0. The molecule has 1 atom stereocenters. The average molecular weight is 440 g/mol. The Bertz CT molecular complexity index is 977. The van der Waals surface area contributed by atoms with Crippen LogP contribution >= 0.6 is 11.6 Å². The Hall–Kier alpha value is -2.49. The summed E-state index contributed by atoms with van der Waals surface area (Å²) < 4.78 is 37.2. The Morgan fingerprint density at radius 2 is 1.83 bits per heavy atom. The fraction of sp³-hybridized carbons (Fsp3) is 0.316. The summed E-state index contributed by atoms with van der Waals surface area (Å²) in [5, 5.41) is 5.87. The van der Waals surface area contributed by atoms with Crippen molar-refractivity contribution in [3.05, 3.63) is 47.5 Å². The number of sulfonamides is 1. The number of ether oxygens (including phenoxy) is 2. The van der Waals surface area contributed by atoms with E-state index in [0.29, 0.717) is 35.2 Å². The van der Waals surface area contributed by atoms with E-state index in [1.807, 2.05) is 0 Å².